The molecule has 0 heterocycles. The van der Waals surface area contributed by atoms with Crippen LogP contribution in [0.3, 0.4) is 0 Å². The van der Waals surface area contributed by atoms with E-state index in [1.165, 1.54) is 0 Å². The zero-order valence-electron chi connectivity index (χ0n) is 4.44. The average molecular weight is 138 g/mol. The summed E-state index contributed by atoms with van der Waals surface area (Å²) >= 11 is 0. The molecular weight excluding hydrogens is 130 g/mol. The van der Waals surface area contributed by atoms with E-state index < -0.39 is 5.09 Å². The lowest BCUT2D eigenvalue weighted by Gasteiger charge is -1.69. The average Bonchev–Trinajstić information content (AvgIpc) is 1.65. The monoisotopic (exact) mass is 138 g/mol. The molecule has 0 unspecified atom stereocenters. The van der Waals surface area contributed by atoms with Crippen LogP contribution < -0.4 is 22.4 Å². The number of nitrogens with one attached hydrogen (secondary N) is 1. The lowest BCUT2D eigenvalue weighted by atomic mass is 11.1. The molecule has 0 fully saturated rings. The van der Waals surface area contributed by atoms with Gasteiger partial charge in [0.2, 0.25) is 0 Å². The number of nitrogens with zero attached hydrogens (tertiary/aromatic N) is 1. The summed E-state index contributed by atoms with van der Waals surface area (Å²) in [6, 6.07) is 0. The Morgan fingerprint density at radius 2 is 1.78 bits per heavy atom. The van der Waals surface area contributed by atoms with Gasteiger partial charge in [0.1, 0.15) is 0 Å². The molecule has 0 saturated carbocycles. The summed E-state index contributed by atoms with van der Waals surface area (Å²) in [5.74, 6) is 4.67. The summed E-state index contributed by atoms with van der Waals surface area (Å²) in [7, 11) is 0. The van der Waals surface area contributed by atoms with Gasteiger partial charge in [-0.2, -0.15) is 5.10 Å². The molecule has 0 aromatic rings. The zero-order valence-corrected chi connectivity index (χ0v) is 4.44. The summed E-state index contributed by atoms with van der Waals surface area (Å²) < 4.78 is 0. The Morgan fingerprint density at radius 1 is 1.67 bits per heavy atom. The molecule has 9 heavy (non-hydrogen) atoms. The van der Waals surface area contributed by atoms with Gasteiger partial charge in [-0.1, -0.05) is 0 Å². The Bertz CT molecular complexity index is 101. The van der Waals surface area contributed by atoms with Gasteiger partial charge in [-0.25, -0.2) is 0 Å². The standard InChI is InChI=1S/CH6N4.HNO3/c2-1(3)5-4;2-1(3)4/h4H2,(H4,2,3,5);(H,2,3,4)/p+1. The summed E-state index contributed by atoms with van der Waals surface area (Å²) in [4.78, 5) is 8.36. The molecule has 0 aliphatic rings. The summed E-state index contributed by atoms with van der Waals surface area (Å²) in [5, 5.41) is 15.6. The highest BCUT2D eigenvalue weighted by molar-refractivity contribution is 5.68. The molecule has 54 valence electrons. The van der Waals surface area contributed by atoms with Crippen LogP contribution in [-0.4, -0.2) is 16.3 Å². The van der Waals surface area contributed by atoms with Crippen molar-refractivity contribution in [2.24, 2.45) is 17.3 Å². The molecule has 0 aliphatic heterocycles. The maximum Gasteiger partial charge on any atom is 0.360 e. The maximum atomic E-state index is 8.36. The molecule has 8 nitrogen and oxygen atoms in total. The predicted molar refractivity (Wildman–Crippen MR) is 27.3 cm³/mol. The van der Waals surface area contributed by atoms with E-state index in [-0.39, 0.29) is 5.96 Å². The molecule has 0 bridgehead atoms. The van der Waals surface area contributed by atoms with Gasteiger partial charge >= 0.3 is 5.96 Å². The molecule has 0 radical (unpaired) electrons. The van der Waals surface area contributed by atoms with E-state index in [0.29, 0.717) is 0 Å². The van der Waals surface area contributed by atoms with Crippen molar-refractivity contribution in [1.82, 2.24) is 0 Å². The van der Waals surface area contributed by atoms with E-state index >= 15 is 0 Å². The number of nitrogens with two attached hydrogens (primary N) is 3. The summed E-state index contributed by atoms with van der Waals surface area (Å²) in [6.07, 6.45) is 0. The van der Waals surface area contributed by atoms with Crippen LogP contribution in [0.2, 0.25) is 0 Å². The molecule has 0 aromatic heterocycles. The second kappa shape index (κ2) is 6.27. The smallest absolute Gasteiger partial charge is 0.328 e. The number of hydrogen-bond acceptors (Lipinski definition) is 3. The first-order valence-electron chi connectivity index (χ1n) is 1.68. The molecule has 0 rings (SSSR count). The third kappa shape index (κ3) is 1570. The van der Waals surface area contributed by atoms with Crippen LogP contribution in [0.15, 0.2) is 0 Å². The second-order valence-electron chi connectivity index (χ2n) is 0.838. The van der Waals surface area contributed by atoms with Crippen molar-refractivity contribution in [3.05, 3.63) is 10.1 Å². The van der Waals surface area contributed by atoms with Gasteiger partial charge in [-0.05, 0) is 0 Å². The molecular formula is CH8N5O3+. The molecule has 0 spiro atoms. The zero-order chi connectivity index (χ0) is 7.86. The SMILES string of the molecule is N[NH+]=C(N)N.O=[N+]([O-])O. The van der Waals surface area contributed by atoms with Crippen molar-refractivity contribution in [2.75, 3.05) is 0 Å². The van der Waals surface area contributed by atoms with E-state index in [0.717, 1.165) is 0 Å². The third-order valence-electron chi connectivity index (χ3n) is 0.167. The molecule has 0 saturated heterocycles. The van der Waals surface area contributed by atoms with E-state index in [1.807, 2.05) is 5.10 Å². The Kier molecular flexibility index (Phi) is 7.17. The van der Waals surface area contributed by atoms with Crippen molar-refractivity contribution in [3.8, 4) is 0 Å². The predicted octanol–water partition coefficient (Wildman–Crippen LogP) is -4.13. The van der Waals surface area contributed by atoms with Crippen LogP contribution in [0.1, 0.15) is 0 Å². The van der Waals surface area contributed by atoms with Crippen LogP contribution in [0.4, 0.5) is 0 Å². The second-order valence-corrected chi connectivity index (χ2v) is 0.838. The molecule has 0 atom stereocenters. The largest absolute Gasteiger partial charge is 0.360 e. The minimum absolute atomic E-state index is 0.0324. The van der Waals surface area contributed by atoms with Crippen LogP contribution >= 0.6 is 0 Å². The minimum atomic E-state index is -1.50. The fourth-order valence-electron chi connectivity index (χ4n) is 0. The highest BCUT2D eigenvalue weighted by atomic mass is 16.9. The van der Waals surface area contributed by atoms with Crippen molar-refractivity contribution in [3.63, 3.8) is 0 Å². The molecule has 8 N–H and O–H groups in total. The Hall–Kier alpha value is -1.73. The number of hydrazone groups is 1. The molecule has 0 aromatic carbocycles. The normalized spacial score (nSPS) is 6.22. The van der Waals surface area contributed by atoms with Crippen molar-refractivity contribution >= 4 is 5.96 Å². The molecule has 8 heteroatoms. The van der Waals surface area contributed by atoms with Crippen LogP contribution in [0.25, 0.3) is 0 Å². The number of rotatable bonds is 0. The van der Waals surface area contributed by atoms with E-state index in [9.17, 15) is 0 Å². The van der Waals surface area contributed by atoms with Gasteiger partial charge in [0.25, 0.3) is 5.09 Å². The van der Waals surface area contributed by atoms with Gasteiger partial charge < -0.3 is 5.21 Å². The highest BCUT2D eigenvalue weighted by Crippen LogP contribution is 1.38. The Morgan fingerprint density at radius 3 is 1.78 bits per heavy atom. The van der Waals surface area contributed by atoms with Crippen LogP contribution in [-0.2, 0) is 0 Å². The van der Waals surface area contributed by atoms with Gasteiger partial charge in [0.05, 0.1) is 0 Å². The van der Waals surface area contributed by atoms with E-state index in [2.05, 4.69) is 5.84 Å². The summed E-state index contributed by atoms with van der Waals surface area (Å²) in [5.41, 5.74) is 9.50. The number of hydrogen-bond donors (Lipinski definition) is 5. The first-order chi connectivity index (χ1) is 4.00. The Balaban J connectivity index is 0. The van der Waals surface area contributed by atoms with E-state index in [1.54, 1.807) is 0 Å². The molecule has 0 aliphatic carbocycles. The van der Waals surface area contributed by atoms with Crippen molar-refractivity contribution < 1.29 is 15.4 Å². The van der Waals surface area contributed by atoms with Crippen molar-refractivity contribution in [1.29, 1.82) is 0 Å². The topological polar surface area (TPSA) is 155 Å². The first-order valence-corrected chi connectivity index (χ1v) is 1.68. The molecule has 0 amide bonds. The van der Waals surface area contributed by atoms with Crippen molar-refractivity contribution in [2.45, 2.75) is 0 Å². The maximum absolute atomic E-state index is 8.36. The fourth-order valence-corrected chi connectivity index (χ4v) is 0. The fraction of sp³-hybridized carbons (Fsp3) is 0. The third-order valence-corrected chi connectivity index (χ3v) is 0.167. The van der Waals surface area contributed by atoms with Gasteiger partial charge in [-0.3, -0.25) is 17.3 Å². The van der Waals surface area contributed by atoms with Gasteiger partial charge in [0.15, 0.2) is 0 Å². The number of hydrazine groups is 1. The van der Waals surface area contributed by atoms with Gasteiger partial charge in [-0.15, -0.1) is 10.1 Å². The summed E-state index contributed by atoms with van der Waals surface area (Å²) in [6.45, 7) is 0. The lowest BCUT2D eigenvalue weighted by Crippen LogP contribution is -2.84. The number of guanidine groups is 1. The lowest BCUT2D eigenvalue weighted by molar-refractivity contribution is -0.742. The highest BCUT2D eigenvalue weighted by Gasteiger charge is 1.72. The first kappa shape index (κ1) is 10.3. The van der Waals surface area contributed by atoms with E-state index in [4.69, 9.17) is 26.8 Å². The Labute approximate surface area is 50.0 Å². The quantitative estimate of drug-likeness (QED) is 0.0752. The van der Waals surface area contributed by atoms with Gasteiger partial charge in [0, 0.05) is 0 Å². The van der Waals surface area contributed by atoms with Crippen LogP contribution in [0.5, 0.6) is 0 Å². The minimum Gasteiger partial charge on any atom is -0.328 e. The van der Waals surface area contributed by atoms with Crippen LogP contribution in [0, 0.1) is 10.1 Å².